The second-order valence-corrected chi connectivity index (χ2v) is 6.98. The van der Waals surface area contributed by atoms with Crippen LogP contribution in [-0.4, -0.2) is 27.9 Å². The van der Waals surface area contributed by atoms with Gasteiger partial charge in [0.25, 0.3) is 0 Å². The van der Waals surface area contributed by atoms with Gasteiger partial charge < -0.3 is 14.4 Å². The molecule has 5 nitrogen and oxygen atoms in total. The minimum absolute atomic E-state index is 0.121. The highest BCUT2D eigenvalue weighted by atomic mass is 16.4. The van der Waals surface area contributed by atoms with E-state index >= 15 is 0 Å². The molecule has 2 aliphatic rings. The van der Waals surface area contributed by atoms with Crippen molar-refractivity contribution < 1.29 is 19.1 Å². The molecule has 2 aliphatic carbocycles. The number of rotatable bonds is 9. The molecule has 1 aromatic heterocycles. The molecule has 1 aromatic rings. The van der Waals surface area contributed by atoms with E-state index in [1.165, 1.54) is 6.42 Å². The Bertz CT molecular complexity index is 575. The topological polar surface area (TPSA) is 70.8 Å². The fraction of sp³-hybridized carbons (Fsp3) is 0.667. The van der Waals surface area contributed by atoms with E-state index in [1.807, 2.05) is 17.0 Å². The minimum Gasteiger partial charge on any atom is -0.481 e. The zero-order valence-corrected chi connectivity index (χ0v) is 13.7. The lowest BCUT2D eigenvalue weighted by Crippen LogP contribution is -2.32. The van der Waals surface area contributed by atoms with E-state index in [1.54, 1.807) is 0 Å². The van der Waals surface area contributed by atoms with Gasteiger partial charge in [-0.2, -0.15) is 0 Å². The molecular formula is C18H25NO4. The number of carbonyl (C=O) groups is 2. The number of furan rings is 1. The predicted octanol–water partition coefficient (Wildman–Crippen LogP) is 3.54. The van der Waals surface area contributed by atoms with Crippen LogP contribution >= 0.6 is 0 Å². The Hall–Kier alpha value is -1.78. The van der Waals surface area contributed by atoms with Gasteiger partial charge in [0.15, 0.2) is 0 Å². The van der Waals surface area contributed by atoms with Gasteiger partial charge in [-0.3, -0.25) is 9.59 Å². The number of unbranched alkanes of at least 4 members (excludes halogenated alkanes) is 1. The maximum atomic E-state index is 12.4. The lowest BCUT2D eigenvalue weighted by atomic mass is 10.1. The SMILES string of the molecule is CC1CC1c1ccc(CN(C(=O)CCCCC(=O)O)C2CC2)o1. The molecule has 2 atom stereocenters. The van der Waals surface area contributed by atoms with Crippen molar-refractivity contribution in [1.29, 1.82) is 0 Å². The highest BCUT2D eigenvalue weighted by Gasteiger charge is 2.37. The van der Waals surface area contributed by atoms with Crippen LogP contribution in [0.3, 0.4) is 0 Å². The van der Waals surface area contributed by atoms with Gasteiger partial charge >= 0.3 is 5.97 Å². The maximum absolute atomic E-state index is 12.4. The fourth-order valence-electron chi connectivity index (χ4n) is 3.07. The van der Waals surface area contributed by atoms with Crippen molar-refractivity contribution in [3.05, 3.63) is 23.7 Å². The number of carbonyl (C=O) groups excluding carboxylic acids is 1. The van der Waals surface area contributed by atoms with Crippen LogP contribution in [0, 0.1) is 5.92 Å². The van der Waals surface area contributed by atoms with E-state index in [0.29, 0.717) is 43.7 Å². The smallest absolute Gasteiger partial charge is 0.303 e. The Labute approximate surface area is 136 Å². The number of hydrogen-bond acceptors (Lipinski definition) is 3. The lowest BCUT2D eigenvalue weighted by Gasteiger charge is -2.21. The number of carboxylic acids is 1. The normalized spacial score (nSPS) is 22.8. The zero-order valence-electron chi connectivity index (χ0n) is 13.7. The van der Waals surface area contributed by atoms with Gasteiger partial charge in [0.1, 0.15) is 11.5 Å². The number of nitrogens with zero attached hydrogens (tertiary/aromatic N) is 1. The van der Waals surface area contributed by atoms with Gasteiger partial charge in [-0.15, -0.1) is 0 Å². The molecule has 3 rings (SSSR count). The Kier molecular flexibility index (Phi) is 4.74. The summed E-state index contributed by atoms with van der Waals surface area (Å²) < 4.78 is 5.92. The fourth-order valence-corrected chi connectivity index (χ4v) is 3.07. The van der Waals surface area contributed by atoms with Gasteiger partial charge in [0.05, 0.1) is 6.54 Å². The Morgan fingerprint density at radius 2 is 1.96 bits per heavy atom. The number of carboxylic acid groups (broad SMARTS) is 1. The van der Waals surface area contributed by atoms with E-state index in [0.717, 1.165) is 24.4 Å². The van der Waals surface area contributed by atoms with Crippen LogP contribution in [0.1, 0.15) is 69.3 Å². The van der Waals surface area contributed by atoms with Crippen molar-refractivity contribution >= 4 is 11.9 Å². The molecule has 1 heterocycles. The quantitative estimate of drug-likeness (QED) is 0.707. The van der Waals surface area contributed by atoms with Crippen LogP contribution in [0.5, 0.6) is 0 Å². The average Bonchev–Trinajstić information content (AvgIpc) is 3.42. The van der Waals surface area contributed by atoms with Gasteiger partial charge in [-0.1, -0.05) is 6.92 Å². The molecule has 5 heteroatoms. The van der Waals surface area contributed by atoms with Crippen LogP contribution in [0.15, 0.2) is 16.5 Å². The first-order valence-electron chi connectivity index (χ1n) is 8.64. The van der Waals surface area contributed by atoms with Gasteiger partial charge in [-0.05, 0) is 50.2 Å². The maximum Gasteiger partial charge on any atom is 0.303 e. The largest absolute Gasteiger partial charge is 0.481 e. The van der Waals surface area contributed by atoms with Crippen molar-refractivity contribution in [2.75, 3.05) is 0 Å². The van der Waals surface area contributed by atoms with E-state index < -0.39 is 5.97 Å². The van der Waals surface area contributed by atoms with Crippen molar-refractivity contribution in [2.45, 2.75) is 70.4 Å². The molecule has 0 bridgehead atoms. The lowest BCUT2D eigenvalue weighted by molar-refractivity contribution is -0.137. The molecule has 0 aromatic carbocycles. The zero-order chi connectivity index (χ0) is 16.4. The van der Waals surface area contributed by atoms with Gasteiger partial charge in [0.2, 0.25) is 5.91 Å². The summed E-state index contributed by atoms with van der Waals surface area (Å²) in [6.07, 6.45) is 5.08. The van der Waals surface area contributed by atoms with Crippen molar-refractivity contribution in [3.63, 3.8) is 0 Å². The number of hydrogen-bond donors (Lipinski definition) is 1. The minimum atomic E-state index is -0.797. The Balaban J connectivity index is 1.51. The van der Waals surface area contributed by atoms with Crippen LogP contribution in [0.2, 0.25) is 0 Å². The number of aliphatic carboxylic acids is 1. The standard InChI is InChI=1S/C18H25NO4/c1-12-10-15(12)16-9-8-14(23-16)11-19(13-6-7-13)17(20)4-2-3-5-18(21)22/h8-9,12-13,15H,2-7,10-11H2,1H3,(H,21,22). The molecule has 0 spiro atoms. The molecular weight excluding hydrogens is 294 g/mol. The molecule has 1 amide bonds. The van der Waals surface area contributed by atoms with Gasteiger partial charge in [0, 0.05) is 24.8 Å². The molecule has 2 fully saturated rings. The molecule has 0 radical (unpaired) electrons. The van der Waals surface area contributed by atoms with Gasteiger partial charge in [-0.25, -0.2) is 0 Å². The summed E-state index contributed by atoms with van der Waals surface area (Å²) in [5, 5.41) is 8.64. The molecule has 1 N–H and O–H groups in total. The molecule has 2 unspecified atom stereocenters. The van der Waals surface area contributed by atoms with Crippen LogP contribution in [-0.2, 0) is 16.1 Å². The second-order valence-electron chi connectivity index (χ2n) is 6.98. The average molecular weight is 319 g/mol. The highest BCUT2D eigenvalue weighted by Crippen LogP contribution is 2.47. The van der Waals surface area contributed by atoms with E-state index in [2.05, 4.69) is 6.92 Å². The summed E-state index contributed by atoms with van der Waals surface area (Å²) in [5.41, 5.74) is 0. The second kappa shape index (κ2) is 6.77. The number of amides is 1. The highest BCUT2D eigenvalue weighted by molar-refractivity contribution is 5.77. The van der Waals surface area contributed by atoms with Crippen molar-refractivity contribution in [3.8, 4) is 0 Å². The molecule has 0 saturated heterocycles. The molecule has 23 heavy (non-hydrogen) atoms. The summed E-state index contributed by atoms with van der Waals surface area (Å²) in [4.78, 5) is 24.8. The molecule has 126 valence electrons. The van der Waals surface area contributed by atoms with E-state index in [4.69, 9.17) is 9.52 Å². The Morgan fingerprint density at radius 3 is 2.57 bits per heavy atom. The van der Waals surface area contributed by atoms with Crippen LogP contribution < -0.4 is 0 Å². The molecule has 0 aliphatic heterocycles. The van der Waals surface area contributed by atoms with E-state index in [-0.39, 0.29) is 12.3 Å². The summed E-state index contributed by atoms with van der Waals surface area (Å²) in [7, 11) is 0. The Morgan fingerprint density at radius 1 is 1.26 bits per heavy atom. The first-order chi connectivity index (χ1) is 11.0. The van der Waals surface area contributed by atoms with Crippen molar-refractivity contribution in [1.82, 2.24) is 4.90 Å². The summed E-state index contributed by atoms with van der Waals surface area (Å²) in [5.74, 6) is 2.51. The van der Waals surface area contributed by atoms with Crippen LogP contribution in [0.4, 0.5) is 0 Å². The summed E-state index contributed by atoms with van der Waals surface area (Å²) in [6, 6.07) is 4.38. The summed E-state index contributed by atoms with van der Waals surface area (Å²) >= 11 is 0. The van der Waals surface area contributed by atoms with Crippen LogP contribution in [0.25, 0.3) is 0 Å². The predicted molar refractivity (Wildman–Crippen MR) is 84.9 cm³/mol. The van der Waals surface area contributed by atoms with E-state index in [9.17, 15) is 9.59 Å². The van der Waals surface area contributed by atoms with Crippen molar-refractivity contribution in [2.24, 2.45) is 5.92 Å². The first-order valence-corrected chi connectivity index (χ1v) is 8.64. The molecule has 2 saturated carbocycles. The third kappa shape index (κ3) is 4.36. The monoisotopic (exact) mass is 319 g/mol. The summed E-state index contributed by atoms with van der Waals surface area (Å²) in [6.45, 7) is 2.77. The first kappa shape index (κ1) is 16.1. The third-order valence-corrected chi connectivity index (χ3v) is 4.82. The third-order valence-electron chi connectivity index (χ3n) is 4.82.